The number of rotatable bonds is 16. The normalized spacial score (nSPS) is 15.6. The van der Waals surface area contributed by atoms with Crippen LogP contribution in [0.5, 0.6) is 34.5 Å². The van der Waals surface area contributed by atoms with Crippen LogP contribution >= 0.6 is 35.3 Å². The molecule has 3 aromatic heterocycles. The molecule has 2 aliphatic rings. The lowest BCUT2D eigenvalue weighted by Gasteiger charge is -2.18. The number of carbonyl (C=O) groups excluding carboxylic acids is 3. The summed E-state index contributed by atoms with van der Waals surface area (Å²) in [6, 6.07) is 18.8. The van der Waals surface area contributed by atoms with Gasteiger partial charge in [-0.2, -0.15) is 0 Å². The molecule has 0 saturated carbocycles. The van der Waals surface area contributed by atoms with E-state index in [2.05, 4.69) is 0 Å². The molecule has 3 heterocycles. The van der Waals surface area contributed by atoms with Crippen LogP contribution < -0.4 is 34.0 Å². The number of thioether (sulfide) groups is 3. The highest BCUT2D eigenvalue weighted by atomic mass is 32.2. The van der Waals surface area contributed by atoms with Crippen molar-refractivity contribution < 1.29 is 60.4 Å². The van der Waals surface area contributed by atoms with Crippen molar-refractivity contribution in [1.82, 2.24) is 4.40 Å². The van der Waals surface area contributed by atoms with Crippen LogP contribution in [0.4, 0.5) is 13.2 Å². The zero-order valence-corrected chi connectivity index (χ0v) is 40.9. The third kappa shape index (κ3) is 10.7. The van der Waals surface area contributed by atoms with Gasteiger partial charge in [-0.3, -0.25) is 14.4 Å². The maximum absolute atomic E-state index is 14.4. The number of esters is 3. The summed E-state index contributed by atoms with van der Waals surface area (Å²) in [6.45, 7) is 1.48. The number of hydrogen-bond donors (Lipinski definition) is 0. The maximum atomic E-state index is 14.4. The van der Waals surface area contributed by atoms with Crippen molar-refractivity contribution in [3.63, 3.8) is 0 Å². The predicted octanol–water partition coefficient (Wildman–Crippen LogP) is 12.3. The molecule has 12 nitrogen and oxygen atoms in total. The molecule has 0 aliphatic heterocycles. The highest BCUT2D eigenvalue weighted by Gasteiger charge is 2.27. The van der Waals surface area contributed by atoms with Crippen LogP contribution in [0, 0.1) is 5.82 Å². The first-order valence-electron chi connectivity index (χ1n) is 21.9. The number of halogens is 3. The second-order valence-electron chi connectivity index (χ2n) is 16.4. The van der Waals surface area contributed by atoms with Gasteiger partial charge in [0.25, 0.3) is 0 Å². The van der Waals surface area contributed by atoms with Gasteiger partial charge in [-0.1, -0.05) is 18.2 Å². The van der Waals surface area contributed by atoms with Crippen LogP contribution in [0.25, 0.3) is 49.3 Å². The summed E-state index contributed by atoms with van der Waals surface area (Å²) in [5.74, 6) is -1.82. The van der Waals surface area contributed by atoms with Crippen molar-refractivity contribution >= 4 is 91.4 Å². The molecule has 0 bridgehead atoms. The highest BCUT2D eigenvalue weighted by Crippen LogP contribution is 2.47. The van der Waals surface area contributed by atoms with E-state index in [0.29, 0.717) is 49.5 Å². The summed E-state index contributed by atoms with van der Waals surface area (Å²) in [7, 11) is 4.26. The number of carbonyl (C=O) groups is 3. The number of allylic oxidation sites excluding steroid dienone is 7. The van der Waals surface area contributed by atoms with E-state index >= 15 is 0 Å². The van der Waals surface area contributed by atoms with E-state index in [-0.39, 0.29) is 81.5 Å². The SMILES string of the molecule is COc1cc(-c2c3c4cc(OC)c(OC(=O)CSC5=CC=C(F)CC5)cc4oc(=O)c3n3ccc4cc(OC(=O)CSc5ccc(F)cc5)c(OC)cc4c23)ccc1OC(=O)CSC1=CCC(C)(F)C=C1. The first kappa shape index (κ1) is 49.0. The molecular formula is C53H42F3NO11S3. The molecule has 71 heavy (non-hydrogen) atoms. The Morgan fingerprint density at radius 2 is 1.35 bits per heavy atom. The molecule has 0 spiro atoms. The Labute approximate surface area is 416 Å². The fraction of sp³-hybridized carbons (Fsp3) is 0.208. The predicted molar refractivity (Wildman–Crippen MR) is 270 cm³/mol. The van der Waals surface area contributed by atoms with Gasteiger partial charge >= 0.3 is 23.5 Å². The molecule has 2 aliphatic carbocycles. The zero-order chi connectivity index (χ0) is 50.0. The molecule has 0 fully saturated rings. The average Bonchev–Trinajstić information content (AvgIpc) is 3.72. The molecule has 0 amide bonds. The van der Waals surface area contributed by atoms with Gasteiger partial charge in [0.2, 0.25) is 0 Å². The topological polar surface area (TPSA) is 141 Å². The van der Waals surface area contributed by atoms with Crippen molar-refractivity contribution in [2.24, 2.45) is 0 Å². The van der Waals surface area contributed by atoms with Gasteiger partial charge in [0.1, 0.15) is 28.4 Å². The van der Waals surface area contributed by atoms with Gasteiger partial charge in [-0.05, 0) is 108 Å². The molecule has 0 N–H and O–H groups in total. The Morgan fingerprint density at radius 1 is 0.704 bits per heavy atom. The third-order valence-corrected chi connectivity index (χ3v) is 14.6. The summed E-state index contributed by atoms with van der Waals surface area (Å²) in [5, 5.41) is 1.97. The molecule has 9 rings (SSSR count). The van der Waals surface area contributed by atoms with Gasteiger partial charge in [0, 0.05) is 56.6 Å². The van der Waals surface area contributed by atoms with Crippen LogP contribution in [0.3, 0.4) is 0 Å². The number of benzene rings is 4. The number of methoxy groups -OCH3 is 3. The van der Waals surface area contributed by atoms with E-state index in [1.54, 1.807) is 83.4 Å². The highest BCUT2D eigenvalue weighted by molar-refractivity contribution is 8.04. The lowest BCUT2D eigenvalue weighted by atomic mass is 9.98. The Kier molecular flexibility index (Phi) is 14.3. The fourth-order valence-electron chi connectivity index (χ4n) is 8.11. The van der Waals surface area contributed by atoms with Gasteiger partial charge in [-0.25, -0.2) is 18.0 Å². The first-order chi connectivity index (χ1) is 34.2. The molecule has 0 saturated heterocycles. The largest absolute Gasteiger partial charge is 0.493 e. The zero-order valence-electron chi connectivity index (χ0n) is 38.4. The van der Waals surface area contributed by atoms with Crippen LogP contribution in [0.15, 0.2) is 139 Å². The molecule has 0 radical (unpaired) electrons. The number of nitrogens with zero attached hydrogens (tertiary/aromatic N) is 1. The Hall–Kier alpha value is -7.02. The minimum atomic E-state index is -1.45. The number of alkyl halides is 1. The van der Waals surface area contributed by atoms with E-state index in [9.17, 15) is 32.3 Å². The van der Waals surface area contributed by atoms with Gasteiger partial charge in [-0.15, -0.1) is 35.3 Å². The van der Waals surface area contributed by atoms with Gasteiger partial charge in [0.15, 0.2) is 34.5 Å². The quantitative estimate of drug-likeness (QED) is 0.0392. The summed E-state index contributed by atoms with van der Waals surface area (Å²) in [5.41, 5.74) is -0.467. The monoisotopic (exact) mass is 1020 g/mol. The van der Waals surface area contributed by atoms with Crippen molar-refractivity contribution in [2.75, 3.05) is 38.6 Å². The second-order valence-corrected chi connectivity index (χ2v) is 19.6. The van der Waals surface area contributed by atoms with Crippen molar-refractivity contribution in [3.05, 3.63) is 141 Å². The van der Waals surface area contributed by atoms with E-state index in [1.165, 1.54) is 93.9 Å². The van der Waals surface area contributed by atoms with Crippen LogP contribution in [0.1, 0.15) is 26.2 Å². The van der Waals surface area contributed by atoms with E-state index < -0.39 is 35.0 Å². The number of aromatic nitrogens is 1. The Bertz CT molecular complexity index is 3490. The Balaban J connectivity index is 1.14. The second kappa shape index (κ2) is 20.8. The molecule has 4 aromatic carbocycles. The average molecular weight is 1020 g/mol. The number of fused-ring (bicyclic) bond motifs is 7. The fourth-order valence-corrected chi connectivity index (χ4v) is 10.3. The van der Waals surface area contributed by atoms with Crippen molar-refractivity contribution in [3.8, 4) is 45.6 Å². The van der Waals surface area contributed by atoms with Crippen molar-refractivity contribution in [1.29, 1.82) is 0 Å². The number of hydrogen-bond acceptors (Lipinski definition) is 14. The number of pyridine rings is 1. The molecular weight excluding hydrogens is 980 g/mol. The summed E-state index contributed by atoms with van der Waals surface area (Å²) >= 11 is 3.63. The standard InChI is InChI=1S/C53H42F3NO11S3/c1-53(56)18-15-35(16-19-53)71-26-45(58)65-38-14-5-30(22-40(38)62-2)48-49-37-24-42(64-4)44(67-47(60)28-70-34-12-8-32(55)9-13-34)25-39(37)68-52(61)51(49)57-20-17-29-21-43(41(63-3)23-36(29)50(48)57)66-46(59)27-69-33-10-6-31(54)7-11-33/h5-8,10-12,14-18,20-25H,9,13,19,26-28H2,1-4H3. The summed E-state index contributed by atoms with van der Waals surface area (Å²) in [4.78, 5) is 56.2. The third-order valence-electron chi connectivity index (χ3n) is 11.5. The maximum Gasteiger partial charge on any atom is 0.361 e. The minimum Gasteiger partial charge on any atom is -0.493 e. The lowest BCUT2D eigenvalue weighted by Crippen LogP contribution is -2.15. The summed E-state index contributed by atoms with van der Waals surface area (Å²) in [6.07, 6.45) is 10.4. The molecule has 18 heteroatoms. The smallest absolute Gasteiger partial charge is 0.361 e. The number of ether oxygens (including phenoxy) is 6. The summed E-state index contributed by atoms with van der Waals surface area (Å²) < 4.78 is 83.8. The molecule has 1 unspecified atom stereocenters. The van der Waals surface area contributed by atoms with Crippen molar-refractivity contribution in [2.45, 2.75) is 36.8 Å². The lowest BCUT2D eigenvalue weighted by molar-refractivity contribution is -0.132. The molecule has 364 valence electrons. The molecule has 1 atom stereocenters. The van der Waals surface area contributed by atoms with Crippen LogP contribution in [-0.2, 0) is 14.4 Å². The van der Waals surface area contributed by atoms with Crippen LogP contribution in [0.2, 0.25) is 0 Å². The molecule has 7 aromatic rings. The Morgan fingerprint density at radius 3 is 2.01 bits per heavy atom. The van der Waals surface area contributed by atoms with Gasteiger partial charge < -0.3 is 37.2 Å². The van der Waals surface area contributed by atoms with E-state index in [0.717, 1.165) is 9.81 Å². The minimum absolute atomic E-state index is 0.00186. The van der Waals surface area contributed by atoms with Gasteiger partial charge in [0.05, 0.1) is 44.1 Å². The van der Waals surface area contributed by atoms with E-state index in [4.69, 9.17) is 32.8 Å². The van der Waals surface area contributed by atoms with E-state index in [1.807, 2.05) is 0 Å². The van der Waals surface area contributed by atoms with Crippen LogP contribution in [-0.4, -0.2) is 66.6 Å². The first-order valence-corrected chi connectivity index (χ1v) is 24.9.